The van der Waals surface area contributed by atoms with Gasteiger partial charge in [-0.15, -0.1) is 216 Å². The Labute approximate surface area is 798 Å². The van der Waals surface area contributed by atoms with Crippen LogP contribution in [0.4, 0.5) is 0 Å². The molecule has 4 radical (unpaired) electrons. The number of aryl methyl sites for hydroxylation is 1. The molecule has 0 N–H and O–H groups in total. The summed E-state index contributed by atoms with van der Waals surface area (Å²) >= 11 is 0. The summed E-state index contributed by atoms with van der Waals surface area (Å²) in [5, 5.41) is 6.19. The zero-order valence-electron chi connectivity index (χ0n) is 68.5. The van der Waals surface area contributed by atoms with Gasteiger partial charge in [-0.3, -0.25) is 19.9 Å². The van der Waals surface area contributed by atoms with Gasteiger partial charge in [0.2, 0.25) is 0 Å². The van der Waals surface area contributed by atoms with E-state index in [1.165, 1.54) is 0 Å². The Kier molecular flexibility index (Phi) is 33.2. The Hall–Kier alpha value is -14.6. The molecule has 0 aliphatic rings. The second kappa shape index (κ2) is 46.5. The molecule has 0 saturated heterocycles. The Morgan fingerprint density at radius 3 is 0.876 bits per heavy atom. The van der Waals surface area contributed by atoms with Crippen molar-refractivity contribution in [3.05, 3.63) is 462 Å². The predicted molar refractivity (Wildman–Crippen MR) is 493 cm³/mol. The molecule has 16 nitrogen and oxygen atoms in total. The monoisotopic (exact) mass is 2380 g/mol. The zero-order valence-corrected chi connectivity index (χ0v) is 78.1. The number of aromatic nitrogens is 12. The van der Waals surface area contributed by atoms with Crippen molar-refractivity contribution in [3.63, 3.8) is 0 Å². The van der Waals surface area contributed by atoms with Gasteiger partial charge in [-0.25, -0.2) is 0 Å². The number of benzene rings is 8. The molecule has 8 aromatic carbocycles. The Bertz CT molecular complexity index is 6740. The van der Waals surface area contributed by atoms with Crippen LogP contribution in [0.1, 0.15) is 5.56 Å². The number of pyridine rings is 12. The van der Waals surface area contributed by atoms with E-state index in [0.29, 0.717) is 0 Å². The van der Waals surface area contributed by atoms with Gasteiger partial charge in [-0.1, -0.05) is 130 Å². The maximum absolute atomic E-state index is 5.94. The van der Waals surface area contributed by atoms with Gasteiger partial charge in [-0.2, -0.15) is 0 Å². The molecule has 0 bridgehead atoms. The first kappa shape index (κ1) is 92.0. The van der Waals surface area contributed by atoms with Gasteiger partial charge in [0.1, 0.15) is 22.3 Å². The number of hydrogen-bond donors (Lipinski definition) is 0. The molecule has 16 heterocycles. The molecule has 0 saturated carbocycles. The van der Waals surface area contributed by atoms with E-state index < -0.39 is 0 Å². The van der Waals surface area contributed by atoms with Crippen molar-refractivity contribution in [3.8, 4) is 90.1 Å². The van der Waals surface area contributed by atoms with Gasteiger partial charge in [0, 0.05) is 172 Å². The summed E-state index contributed by atoms with van der Waals surface area (Å²) in [5.74, 6) is 0. The maximum Gasteiger partial charge on any atom is 0.139 e. The van der Waals surface area contributed by atoms with Gasteiger partial charge in [0.05, 0.1) is 39.6 Å². The zero-order chi connectivity index (χ0) is 84.4. The fourth-order valence-electron chi connectivity index (χ4n) is 13.6. The topological polar surface area (TPSA) is 207 Å². The maximum atomic E-state index is 5.94. The summed E-state index contributed by atoms with van der Waals surface area (Å²) in [5.41, 5.74) is 24.3. The van der Waals surface area contributed by atoms with Crippen LogP contribution >= 0.6 is 0 Å². The second-order valence-corrected chi connectivity index (χ2v) is 27.6. The Morgan fingerprint density at radius 1 is 0.202 bits per heavy atom. The minimum atomic E-state index is 0. The summed E-state index contributed by atoms with van der Waals surface area (Å²) in [6.45, 7) is 2.05. The Morgan fingerprint density at radius 2 is 0.512 bits per heavy atom. The molecule has 0 atom stereocenters. The third kappa shape index (κ3) is 23.0. The molecule has 0 amide bonds. The Balaban J connectivity index is 0.000000126. The fraction of sp³-hybridized carbons (Fsp3) is 0.00917. The smallest absolute Gasteiger partial charge is 0.139 e. The molecular formula is C109H70Ir4N12O4-8. The molecule has 24 aromatic rings. The van der Waals surface area contributed by atoms with E-state index in [1.807, 2.05) is 335 Å². The van der Waals surface area contributed by atoms with Crippen LogP contribution in [0.25, 0.3) is 178 Å². The van der Waals surface area contributed by atoms with Gasteiger partial charge >= 0.3 is 0 Å². The van der Waals surface area contributed by atoms with Crippen molar-refractivity contribution in [1.29, 1.82) is 0 Å². The first-order valence-electron chi connectivity index (χ1n) is 39.9. The molecule has 129 heavy (non-hydrogen) atoms. The third-order valence-corrected chi connectivity index (χ3v) is 19.4. The van der Waals surface area contributed by atoms with E-state index in [2.05, 4.69) is 108 Å². The molecule has 0 spiro atoms. The van der Waals surface area contributed by atoms with Gasteiger partial charge in [0.25, 0.3) is 0 Å². The molecule has 16 aromatic heterocycles. The SMILES string of the molecule is Cc1ccnc(-c2[c-]ccc3c2oc2cccnc23)c1.[Ir].[Ir].[Ir].[Ir].[c-]1ccc2c(oc3cccnc32)c1-c1ccccn1.[c-]1ccc2c(oc3ccncc32)c1-c1ccccn1.[c-]1ccc2c(oc3cnccc32)c1-c1ccccn1.[c-]1ccccc1-c1ccccn1.[c-]1ccccc1-c1ccccn1.[c-]1ccccc1-c1ccccn1.[c-]1ccccc1-c1ccccn1. The number of rotatable bonds is 8. The minimum Gasteiger partial charge on any atom is -0.500 e. The molecular weight excluding hydrogens is 2310 g/mol. The van der Waals surface area contributed by atoms with E-state index in [-0.39, 0.29) is 80.4 Å². The number of furan rings is 4. The van der Waals surface area contributed by atoms with Crippen LogP contribution in [0.5, 0.6) is 0 Å². The van der Waals surface area contributed by atoms with E-state index in [9.17, 15) is 0 Å². The average molecular weight is 2380 g/mol. The van der Waals surface area contributed by atoms with Crippen LogP contribution in [-0.2, 0) is 80.4 Å². The van der Waals surface area contributed by atoms with Crippen molar-refractivity contribution >= 4 is 88.0 Å². The number of hydrogen-bond acceptors (Lipinski definition) is 16. The van der Waals surface area contributed by atoms with Crippen LogP contribution < -0.4 is 0 Å². The van der Waals surface area contributed by atoms with Crippen LogP contribution in [0.3, 0.4) is 0 Å². The van der Waals surface area contributed by atoms with Crippen molar-refractivity contribution in [2.24, 2.45) is 0 Å². The van der Waals surface area contributed by atoms with Crippen LogP contribution in [0.15, 0.2) is 426 Å². The quantitative estimate of drug-likeness (QED) is 0.130. The van der Waals surface area contributed by atoms with E-state index in [4.69, 9.17) is 17.7 Å². The van der Waals surface area contributed by atoms with Crippen molar-refractivity contribution in [2.75, 3.05) is 0 Å². The summed E-state index contributed by atoms with van der Waals surface area (Å²) in [6.07, 6.45) is 24.9. The second-order valence-electron chi connectivity index (χ2n) is 27.6. The molecule has 0 aliphatic carbocycles. The normalized spacial score (nSPS) is 10.3. The first-order chi connectivity index (χ1) is 62.0. The summed E-state index contributed by atoms with van der Waals surface area (Å²) < 4.78 is 23.7. The van der Waals surface area contributed by atoms with Crippen LogP contribution in [0.2, 0.25) is 0 Å². The molecule has 0 aliphatic heterocycles. The van der Waals surface area contributed by atoms with Gasteiger partial charge in [0.15, 0.2) is 0 Å². The van der Waals surface area contributed by atoms with Crippen molar-refractivity contribution in [1.82, 2.24) is 59.8 Å². The van der Waals surface area contributed by atoms with Gasteiger partial charge < -0.3 is 57.5 Å². The van der Waals surface area contributed by atoms with E-state index in [0.717, 1.165) is 184 Å². The summed E-state index contributed by atoms with van der Waals surface area (Å²) in [6, 6.07) is 129. The largest absolute Gasteiger partial charge is 0.500 e. The summed E-state index contributed by atoms with van der Waals surface area (Å²) in [4.78, 5) is 51.4. The molecule has 0 fully saturated rings. The van der Waals surface area contributed by atoms with Gasteiger partial charge in [-0.05, 0) is 148 Å². The number of nitrogens with zero attached hydrogens (tertiary/aromatic N) is 12. The predicted octanol–water partition coefficient (Wildman–Crippen LogP) is 25.9. The molecule has 24 rings (SSSR count). The molecule has 20 heteroatoms. The van der Waals surface area contributed by atoms with Crippen molar-refractivity contribution < 1.29 is 98.1 Å². The fourth-order valence-corrected chi connectivity index (χ4v) is 13.6. The van der Waals surface area contributed by atoms with Crippen LogP contribution in [0, 0.1) is 55.5 Å². The summed E-state index contributed by atoms with van der Waals surface area (Å²) in [7, 11) is 0. The standard InChI is InChI=1S/C17H11N2O.3C16H9N2O.4C11H8N.4Ir/c1-11-7-9-18-14(10-11)12-4-2-5-13-16-15(20-17(12)13)6-3-8-19-16;1-2-9-17-13(7-1)11-5-3-6-12-15-14(19-16(11)12)8-4-10-18-15;1-2-8-18-14(6-1)13-5-3-4-12-11-7-9-17-10-15(11)19-16(12)13;1-2-8-18-14(6-1)12-5-3-4-11-13-10-17-9-7-15(13)19-16(11)12;4*1-2-6-10(7-3-1)11-8-4-5-9-12-11;;;;/h2-3,5-10H,1H3;3*1-4,6-10H;4*1-6,8-9H;;;;/q8*-1;;;;. The van der Waals surface area contributed by atoms with E-state index >= 15 is 0 Å². The average Bonchev–Trinajstić information content (AvgIpc) is 1.63. The molecule has 0 unspecified atom stereocenters. The minimum absolute atomic E-state index is 0. The first-order valence-corrected chi connectivity index (χ1v) is 39.9. The van der Waals surface area contributed by atoms with E-state index in [1.54, 1.807) is 80.6 Å². The third-order valence-electron chi connectivity index (χ3n) is 19.4. The number of fused-ring (bicyclic) bond motifs is 12. The van der Waals surface area contributed by atoms with Crippen LogP contribution in [-0.4, -0.2) is 59.8 Å². The molecule has 634 valence electrons. The van der Waals surface area contributed by atoms with Crippen molar-refractivity contribution in [2.45, 2.75) is 6.92 Å².